The Hall–Kier alpha value is -2.89. The summed E-state index contributed by atoms with van der Waals surface area (Å²) in [6.45, 7) is 6.27. The molecule has 0 aliphatic rings. The maximum atomic E-state index is 12.8. The number of hydrogen-bond donors (Lipinski definition) is 1. The quantitative estimate of drug-likeness (QED) is 0.778. The summed E-state index contributed by atoms with van der Waals surface area (Å²) >= 11 is 0. The molecule has 25 heavy (non-hydrogen) atoms. The molecular formula is C19H23N5O. The van der Waals surface area contributed by atoms with Crippen molar-refractivity contribution in [2.45, 2.75) is 33.4 Å². The number of hydrogen-bond acceptors (Lipinski definition) is 3. The van der Waals surface area contributed by atoms with Crippen LogP contribution in [0.4, 0.5) is 0 Å². The van der Waals surface area contributed by atoms with E-state index >= 15 is 0 Å². The first-order chi connectivity index (χ1) is 12.0. The van der Waals surface area contributed by atoms with Crippen LogP contribution < -0.4 is 0 Å². The number of carbonyl (C=O) groups excluding carboxylic acids is 1. The molecule has 0 aliphatic carbocycles. The Kier molecular flexibility index (Phi) is 4.70. The molecule has 6 heteroatoms. The molecule has 0 radical (unpaired) electrons. The number of likely N-dealkylation sites (N-methyl/N-ethyl adjacent to an activating group) is 1. The van der Waals surface area contributed by atoms with Crippen molar-refractivity contribution < 1.29 is 4.79 Å². The normalized spacial score (nSPS) is 12.2. The van der Waals surface area contributed by atoms with Crippen LogP contribution in [-0.2, 0) is 11.3 Å². The maximum absolute atomic E-state index is 12.8. The minimum absolute atomic E-state index is 0.0198. The van der Waals surface area contributed by atoms with Gasteiger partial charge < -0.3 is 4.90 Å². The number of amides is 1. The molecule has 0 saturated carbocycles. The average Bonchev–Trinajstić information content (AvgIpc) is 3.20. The SMILES string of the molecule is Cc1cc(C)n(C(C)C(=O)N(C)Cc2cn[nH]c2-c2ccccc2)n1. The Labute approximate surface area is 147 Å². The predicted molar refractivity (Wildman–Crippen MR) is 96.9 cm³/mol. The van der Waals surface area contributed by atoms with Gasteiger partial charge in [-0.25, -0.2) is 0 Å². The molecule has 0 spiro atoms. The van der Waals surface area contributed by atoms with Gasteiger partial charge in [0, 0.05) is 24.8 Å². The predicted octanol–water partition coefficient (Wildman–Crippen LogP) is 3.11. The first-order valence-corrected chi connectivity index (χ1v) is 8.32. The zero-order valence-corrected chi connectivity index (χ0v) is 15.0. The van der Waals surface area contributed by atoms with Crippen molar-refractivity contribution >= 4 is 5.91 Å². The number of aromatic nitrogens is 4. The van der Waals surface area contributed by atoms with E-state index in [1.807, 2.05) is 64.2 Å². The average molecular weight is 337 g/mol. The summed E-state index contributed by atoms with van der Waals surface area (Å²) < 4.78 is 1.78. The number of nitrogens with one attached hydrogen (secondary N) is 1. The fourth-order valence-corrected chi connectivity index (χ4v) is 3.08. The molecule has 130 valence electrons. The van der Waals surface area contributed by atoms with Crippen LogP contribution in [0.5, 0.6) is 0 Å². The van der Waals surface area contributed by atoms with E-state index < -0.39 is 0 Å². The molecule has 1 atom stereocenters. The van der Waals surface area contributed by atoms with Crippen LogP contribution in [0.1, 0.15) is 29.9 Å². The largest absolute Gasteiger partial charge is 0.339 e. The highest BCUT2D eigenvalue weighted by molar-refractivity contribution is 5.80. The van der Waals surface area contributed by atoms with Gasteiger partial charge in [0.1, 0.15) is 6.04 Å². The number of H-pyrrole nitrogens is 1. The fraction of sp³-hybridized carbons (Fsp3) is 0.316. The van der Waals surface area contributed by atoms with Crippen molar-refractivity contribution in [3.63, 3.8) is 0 Å². The molecule has 1 unspecified atom stereocenters. The molecule has 2 heterocycles. The third kappa shape index (κ3) is 3.47. The Morgan fingerprint density at radius 2 is 2.00 bits per heavy atom. The summed E-state index contributed by atoms with van der Waals surface area (Å²) in [7, 11) is 1.81. The summed E-state index contributed by atoms with van der Waals surface area (Å²) in [5, 5.41) is 11.6. The lowest BCUT2D eigenvalue weighted by Crippen LogP contribution is -2.33. The Morgan fingerprint density at radius 3 is 2.64 bits per heavy atom. The zero-order chi connectivity index (χ0) is 18.0. The number of benzene rings is 1. The van der Waals surface area contributed by atoms with Crippen molar-refractivity contribution in [2.24, 2.45) is 0 Å². The molecular weight excluding hydrogens is 314 g/mol. The van der Waals surface area contributed by atoms with Gasteiger partial charge in [0.05, 0.1) is 17.6 Å². The van der Waals surface area contributed by atoms with E-state index in [1.165, 1.54) is 0 Å². The van der Waals surface area contributed by atoms with Crippen molar-refractivity contribution in [3.05, 3.63) is 59.5 Å². The standard InChI is InChI=1S/C19H23N5O/c1-13-10-14(2)24(22-13)15(3)19(25)23(4)12-17-11-20-21-18(17)16-8-6-5-7-9-16/h5-11,15H,12H2,1-4H3,(H,20,21). The zero-order valence-electron chi connectivity index (χ0n) is 15.0. The Bertz CT molecular complexity index is 865. The van der Waals surface area contributed by atoms with Crippen LogP contribution in [0, 0.1) is 13.8 Å². The highest BCUT2D eigenvalue weighted by atomic mass is 16.2. The number of aromatic amines is 1. The van der Waals surface area contributed by atoms with Gasteiger partial charge >= 0.3 is 0 Å². The monoisotopic (exact) mass is 337 g/mol. The highest BCUT2D eigenvalue weighted by Gasteiger charge is 2.22. The molecule has 1 amide bonds. The molecule has 3 rings (SSSR count). The maximum Gasteiger partial charge on any atom is 0.247 e. The third-order valence-electron chi connectivity index (χ3n) is 4.33. The van der Waals surface area contributed by atoms with Crippen LogP contribution in [0.2, 0.25) is 0 Å². The summed E-state index contributed by atoms with van der Waals surface area (Å²) in [5.74, 6) is 0.0198. The number of nitrogens with zero attached hydrogens (tertiary/aromatic N) is 4. The number of rotatable bonds is 5. The van der Waals surface area contributed by atoms with E-state index in [1.54, 1.807) is 15.8 Å². The molecule has 0 fully saturated rings. The van der Waals surface area contributed by atoms with Crippen LogP contribution in [-0.4, -0.2) is 37.8 Å². The van der Waals surface area contributed by atoms with Crippen LogP contribution >= 0.6 is 0 Å². The topological polar surface area (TPSA) is 66.8 Å². The second-order valence-corrected chi connectivity index (χ2v) is 6.38. The van der Waals surface area contributed by atoms with Crippen molar-refractivity contribution in [3.8, 4) is 11.3 Å². The van der Waals surface area contributed by atoms with Gasteiger partial charge in [-0.1, -0.05) is 30.3 Å². The van der Waals surface area contributed by atoms with Crippen molar-refractivity contribution in [2.75, 3.05) is 7.05 Å². The second-order valence-electron chi connectivity index (χ2n) is 6.38. The molecule has 0 aliphatic heterocycles. The van der Waals surface area contributed by atoms with Crippen molar-refractivity contribution in [1.82, 2.24) is 24.9 Å². The van der Waals surface area contributed by atoms with E-state index in [0.29, 0.717) is 6.54 Å². The van der Waals surface area contributed by atoms with Gasteiger partial charge in [-0.05, 0) is 32.4 Å². The minimum atomic E-state index is -0.342. The lowest BCUT2D eigenvalue weighted by Gasteiger charge is -2.22. The second kappa shape index (κ2) is 6.93. The lowest BCUT2D eigenvalue weighted by molar-refractivity contribution is -0.133. The molecule has 1 N–H and O–H groups in total. The first kappa shape index (κ1) is 17.0. The molecule has 6 nitrogen and oxygen atoms in total. The first-order valence-electron chi connectivity index (χ1n) is 8.32. The summed E-state index contributed by atoms with van der Waals surface area (Å²) in [4.78, 5) is 14.5. The number of aryl methyl sites for hydroxylation is 2. The smallest absolute Gasteiger partial charge is 0.247 e. The molecule has 1 aromatic carbocycles. The summed E-state index contributed by atoms with van der Waals surface area (Å²) in [6.07, 6.45) is 1.78. The summed E-state index contributed by atoms with van der Waals surface area (Å²) in [5.41, 5.74) is 4.89. The van der Waals surface area contributed by atoms with Gasteiger partial charge in [-0.15, -0.1) is 0 Å². The molecule has 0 saturated heterocycles. The highest BCUT2D eigenvalue weighted by Crippen LogP contribution is 2.22. The van der Waals surface area contributed by atoms with E-state index in [-0.39, 0.29) is 11.9 Å². The van der Waals surface area contributed by atoms with E-state index in [4.69, 9.17) is 0 Å². The third-order valence-corrected chi connectivity index (χ3v) is 4.33. The van der Waals surface area contributed by atoms with Crippen LogP contribution in [0.3, 0.4) is 0 Å². The molecule has 3 aromatic rings. The number of carbonyl (C=O) groups is 1. The Morgan fingerprint density at radius 1 is 1.28 bits per heavy atom. The minimum Gasteiger partial charge on any atom is -0.339 e. The fourth-order valence-electron chi connectivity index (χ4n) is 3.08. The van der Waals surface area contributed by atoms with Gasteiger partial charge in [0.25, 0.3) is 0 Å². The van der Waals surface area contributed by atoms with Gasteiger partial charge in [-0.3, -0.25) is 14.6 Å². The van der Waals surface area contributed by atoms with Gasteiger partial charge in [0.2, 0.25) is 5.91 Å². The molecule has 0 bridgehead atoms. The molecule has 2 aromatic heterocycles. The van der Waals surface area contributed by atoms with E-state index in [9.17, 15) is 4.79 Å². The van der Waals surface area contributed by atoms with Gasteiger partial charge in [0.15, 0.2) is 0 Å². The van der Waals surface area contributed by atoms with Gasteiger partial charge in [-0.2, -0.15) is 10.2 Å². The van der Waals surface area contributed by atoms with E-state index in [0.717, 1.165) is 28.2 Å². The van der Waals surface area contributed by atoms with Crippen molar-refractivity contribution in [1.29, 1.82) is 0 Å². The van der Waals surface area contributed by atoms with Crippen LogP contribution in [0.15, 0.2) is 42.6 Å². The van der Waals surface area contributed by atoms with Crippen LogP contribution in [0.25, 0.3) is 11.3 Å². The Balaban J connectivity index is 1.77. The summed E-state index contributed by atoms with van der Waals surface area (Å²) in [6, 6.07) is 11.6. The lowest BCUT2D eigenvalue weighted by atomic mass is 10.1. The van der Waals surface area contributed by atoms with E-state index in [2.05, 4.69) is 15.3 Å².